The normalized spacial score (nSPS) is 21.0. The maximum Gasteiger partial charge on any atom is 0.353 e. The third kappa shape index (κ3) is 4.17. The zero-order chi connectivity index (χ0) is 25.5. The summed E-state index contributed by atoms with van der Waals surface area (Å²) in [6.07, 6.45) is 2.55. The predicted molar refractivity (Wildman–Crippen MR) is 130 cm³/mol. The van der Waals surface area contributed by atoms with Gasteiger partial charge in [0.25, 0.3) is 0 Å². The fourth-order valence-corrected chi connectivity index (χ4v) is 5.75. The van der Waals surface area contributed by atoms with E-state index in [0.717, 1.165) is 61.3 Å². The van der Waals surface area contributed by atoms with E-state index >= 15 is 0 Å². The first-order valence-electron chi connectivity index (χ1n) is 11.9. The molecule has 2 spiro atoms. The summed E-state index contributed by atoms with van der Waals surface area (Å²) in [5.41, 5.74) is 11.0. The van der Waals surface area contributed by atoms with Crippen LogP contribution in [0.3, 0.4) is 0 Å². The number of quaternary nitrogens is 2. The van der Waals surface area contributed by atoms with Crippen LogP contribution in [-0.4, -0.2) is 117 Å². The summed E-state index contributed by atoms with van der Waals surface area (Å²) in [4.78, 5) is 41.7. The molecule has 16 nitrogen and oxygen atoms in total. The fraction of sp³-hybridized carbons (Fsp3) is 0.600. The molecule has 3 aliphatic rings. The van der Waals surface area contributed by atoms with E-state index in [2.05, 4.69) is 19.9 Å². The summed E-state index contributed by atoms with van der Waals surface area (Å²) < 4.78 is 1.98. The van der Waals surface area contributed by atoms with E-state index < -0.39 is 9.85 Å². The Balaban J connectivity index is 1.20. The number of nitrogens with zero attached hydrogens (tertiary/aromatic N) is 10. The number of anilines is 4. The highest BCUT2D eigenvalue weighted by Gasteiger charge is 2.46. The van der Waals surface area contributed by atoms with Crippen molar-refractivity contribution in [3.63, 3.8) is 0 Å². The second-order valence-electron chi connectivity index (χ2n) is 9.82. The van der Waals surface area contributed by atoms with E-state index in [-0.39, 0.29) is 23.0 Å². The van der Waals surface area contributed by atoms with E-state index in [4.69, 9.17) is 11.5 Å². The monoisotopic (exact) mass is 502 g/mol. The second kappa shape index (κ2) is 8.94. The van der Waals surface area contributed by atoms with E-state index in [1.807, 2.05) is 9.80 Å². The minimum Gasteiger partial charge on any atom is -0.378 e. The van der Waals surface area contributed by atoms with Crippen LogP contribution < -0.4 is 21.3 Å². The van der Waals surface area contributed by atoms with Crippen molar-refractivity contribution in [2.24, 2.45) is 0 Å². The highest BCUT2D eigenvalue weighted by molar-refractivity contribution is 5.69. The second-order valence-corrected chi connectivity index (χ2v) is 9.82. The molecule has 2 aromatic rings. The number of rotatable bonds is 4. The number of piperazine rings is 3. The maximum atomic E-state index is 11.5. The van der Waals surface area contributed by atoms with Gasteiger partial charge in [0.1, 0.15) is 38.8 Å². The number of nitrogen functional groups attached to an aromatic ring is 2. The summed E-state index contributed by atoms with van der Waals surface area (Å²) >= 11 is 0. The standard InChI is InChI=1S/C20H30N12O4/c21-17-15(29(33)34)19(25-13-23-17)27-1-5-31(6-2-27)9-11-32(12-10-31)7-3-28(4-8-32)20-16(30(35)36)18(22)24-14-26-20/h13-14H,1-12H2,(H2,21,23,25)(H2,22,24,26)/q+2. The summed E-state index contributed by atoms with van der Waals surface area (Å²) in [5.74, 6) is 0.360. The van der Waals surface area contributed by atoms with Crippen molar-refractivity contribution in [1.29, 1.82) is 0 Å². The molecule has 0 saturated carbocycles. The summed E-state index contributed by atoms with van der Waals surface area (Å²) in [6, 6.07) is 0. The van der Waals surface area contributed by atoms with E-state index in [9.17, 15) is 20.2 Å². The van der Waals surface area contributed by atoms with Crippen LogP contribution in [0.1, 0.15) is 0 Å². The fourth-order valence-electron chi connectivity index (χ4n) is 5.75. The molecule has 0 unspecified atom stereocenters. The highest BCUT2D eigenvalue weighted by Crippen LogP contribution is 2.34. The SMILES string of the molecule is Nc1ncnc(N2CC[N+]3(CC2)CC[N+]2(CCN(c4ncnc(N)c4[N+](=O)[O-])CC2)CC3)c1[N+](=O)[O-]. The molecule has 0 radical (unpaired) electrons. The van der Waals surface area contributed by atoms with Crippen molar-refractivity contribution in [2.45, 2.75) is 0 Å². The Morgan fingerprint density at radius 2 is 0.972 bits per heavy atom. The van der Waals surface area contributed by atoms with Crippen LogP contribution in [0.5, 0.6) is 0 Å². The van der Waals surface area contributed by atoms with Gasteiger partial charge >= 0.3 is 11.4 Å². The number of hydrogen-bond donors (Lipinski definition) is 2. The first-order valence-corrected chi connectivity index (χ1v) is 11.9. The molecule has 2 aromatic heterocycles. The van der Waals surface area contributed by atoms with Gasteiger partial charge in [0.15, 0.2) is 0 Å². The summed E-state index contributed by atoms with van der Waals surface area (Å²) in [6.45, 7) is 10.4. The van der Waals surface area contributed by atoms with E-state index in [1.54, 1.807) is 0 Å². The molecule has 16 heteroatoms. The maximum absolute atomic E-state index is 11.5. The Labute approximate surface area is 206 Å². The quantitative estimate of drug-likeness (QED) is 0.301. The highest BCUT2D eigenvalue weighted by atomic mass is 16.6. The molecule has 5 heterocycles. The van der Waals surface area contributed by atoms with Gasteiger partial charge in [-0.1, -0.05) is 0 Å². The lowest BCUT2D eigenvalue weighted by Gasteiger charge is -2.54. The van der Waals surface area contributed by atoms with Crippen LogP contribution in [0, 0.1) is 20.2 Å². The number of nitro groups is 2. The minimum atomic E-state index is -0.511. The van der Waals surface area contributed by atoms with Gasteiger partial charge in [-0.3, -0.25) is 20.2 Å². The van der Waals surface area contributed by atoms with Gasteiger partial charge in [-0.2, -0.15) is 0 Å². The van der Waals surface area contributed by atoms with Crippen LogP contribution >= 0.6 is 0 Å². The minimum absolute atomic E-state index is 0.113. The van der Waals surface area contributed by atoms with Gasteiger partial charge < -0.3 is 30.2 Å². The van der Waals surface area contributed by atoms with Crippen molar-refractivity contribution in [1.82, 2.24) is 19.9 Å². The predicted octanol–water partition coefficient (Wildman–Crippen LogP) is -0.765. The molecule has 36 heavy (non-hydrogen) atoms. The van der Waals surface area contributed by atoms with Gasteiger partial charge in [0.05, 0.1) is 62.2 Å². The van der Waals surface area contributed by atoms with Crippen molar-refractivity contribution in [3.05, 3.63) is 32.9 Å². The number of nitrogens with two attached hydrogens (primary N) is 2. The van der Waals surface area contributed by atoms with Crippen LogP contribution in [0.25, 0.3) is 0 Å². The van der Waals surface area contributed by atoms with Crippen molar-refractivity contribution in [3.8, 4) is 0 Å². The topological polar surface area (TPSA) is 196 Å². The summed E-state index contributed by atoms with van der Waals surface area (Å²) in [5, 5.41) is 23.0. The molecule has 5 rings (SSSR count). The first-order chi connectivity index (χ1) is 17.2. The Kier molecular flexibility index (Phi) is 5.91. The van der Waals surface area contributed by atoms with Gasteiger partial charge in [0.2, 0.25) is 23.3 Å². The first kappa shape index (κ1) is 23.8. The Bertz CT molecular complexity index is 1070. The lowest BCUT2D eigenvalue weighted by Crippen LogP contribution is -2.73. The van der Waals surface area contributed by atoms with Gasteiger partial charge in [-0.25, -0.2) is 19.9 Å². The average molecular weight is 503 g/mol. The molecule has 3 fully saturated rings. The van der Waals surface area contributed by atoms with E-state index in [0.29, 0.717) is 37.8 Å². The number of hydrogen-bond acceptors (Lipinski definition) is 12. The van der Waals surface area contributed by atoms with Crippen molar-refractivity contribution in [2.75, 3.05) is 99.8 Å². The molecule has 0 bridgehead atoms. The Hall–Kier alpha value is -3.92. The molecule has 0 amide bonds. The van der Waals surface area contributed by atoms with Gasteiger partial charge in [0, 0.05) is 0 Å². The zero-order valence-corrected chi connectivity index (χ0v) is 19.9. The number of aromatic nitrogens is 4. The zero-order valence-electron chi connectivity index (χ0n) is 19.9. The van der Waals surface area contributed by atoms with E-state index in [1.165, 1.54) is 12.7 Å². The summed E-state index contributed by atoms with van der Waals surface area (Å²) in [7, 11) is 0. The van der Waals surface area contributed by atoms with Crippen LogP contribution in [0.15, 0.2) is 12.7 Å². The molecule has 0 atom stereocenters. The molecule has 0 aromatic carbocycles. The lowest BCUT2D eigenvalue weighted by molar-refractivity contribution is -1.03. The van der Waals surface area contributed by atoms with Crippen molar-refractivity contribution < 1.29 is 18.8 Å². The van der Waals surface area contributed by atoms with Gasteiger partial charge in [-0.15, -0.1) is 0 Å². The molecule has 0 aliphatic carbocycles. The van der Waals surface area contributed by atoms with Gasteiger partial charge in [-0.05, 0) is 0 Å². The molecular weight excluding hydrogens is 472 g/mol. The molecule has 192 valence electrons. The smallest absolute Gasteiger partial charge is 0.353 e. The van der Waals surface area contributed by atoms with Crippen LogP contribution in [-0.2, 0) is 0 Å². The van der Waals surface area contributed by atoms with Crippen LogP contribution in [0.4, 0.5) is 34.6 Å². The van der Waals surface area contributed by atoms with Crippen LogP contribution in [0.2, 0.25) is 0 Å². The largest absolute Gasteiger partial charge is 0.378 e. The third-order valence-electron chi connectivity index (χ3n) is 8.10. The van der Waals surface area contributed by atoms with Crippen molar-refractivity contribution >= 4 is 34.6 Å². The third-order valence-corrected chi connectivity index (χ3v) is 8.10. The molecule has 3 saturated heterocycles. The lowest BCUT2D eigenvalue weighted by atomic mass is 10.1. The Morgan fingerprint density at radius 3 is 1.28 bits per heavy atom. The molecule has 4 N–H and O–H groups in total. The average Bonchev–Trinajstić information content (AvgIpc) is 2.86. The molecule has 3 aliphatic heterocycles. The molecular formula is C20H30N12O4+2. The Morgan fingerprint density at radius 1 is 0.639 bits per heavy atom.